The van der Waals surface area contributed by atoms with Gasteiger partial charge in [0.25, 0.3) is 17.4 Å². The van der Waals surface area contributed by atoms with E-state index in [1.54, 1.807) is 12.1 Å². The summed E-state index contributed by atoms with van der Waals surface area (Å²) in [6, 6.07) is 6.82. The molecule has 1 aliphatic heterocycles. The molecule has 1 atom stereocenters. The zero-order valence-electron chi connectivity index (χ0n) is 20.1. The standard InChI is InChI=1S/C26H24FN5O5S/c27-22-18(11-28)19(29)6-7-20(22)31-26(35)21-16(13-2-1-3-13)5-4-14-10-17(25(34)32-23(14)21)24(33)30-15-8-9-38(36,37)12-15/h4-11,13,15,28H,1-3,12,29H2,(H,30,33)(H,31,35)(H,32,34)/p+1/t15-/m1/s1. The molecule has 2 heterocycles. The van der Waals surface area contributed by atoms with Crippen molar-refractivity contribution in [2.75, 3.05) is 16.8 Å². The Morgan fingerprint density at radius 1 is 1.16 bits per heavy atom. The number of sulfone groups is 1. The van der Waals surface area contributed by atoms with Crippen LogP contribution < -0.4 is 27.3 Å². The van der Waals surface area contributed by atoms with E-state index < -0.39 is 39.1 Å². The van der Waals surface area contributed by atoms with E-state index in [-0.39, 0.29) is 45.3 Å². The van der Waals surface area contributed by atoms with Gasteiger partial charge in [0.1, 0.15) is 5.56 Å². The van der Waals surface area contributed by atoms with Crippen molar-refractivity contribution in [3.63, 3.8) is 0 Å². The fraction of sp³-hybridized carbons (Fsp3) is 0.231. The van der Waals surface area contributed by atoms with Crippen molar-refractivity contribution in [3.05, 3.63) is 80.2 Å². The maximum Gasteiger partial charge on any atom is 0.261 e. The number of nitrogens with two attached hydrogens (primary N) is 2. The molecule has 1 aromatic heterocycles. The van der Waals surface area contributed by atoms with Crippen molar-refractivity contribution in [3.8, 4) is 0 Å². The van der Waals surface area contributed by atoms with Crippen LogP contribution in [-0.4, -0.2) is 43.2 Å². The number of carbonyl (C=O) groups is 2. The van der Waals surface area contributed by atoms with Crippen LogP contribution in [0.1, 0.15) is 57.0 Å². The summed E-state index contributed by atoms with van der Waals surface area (Å²) in [5.74, 6) is -2.37. The van der Waals surface area contributed by atoms with E-state index in [1.165, 1.54) is 24.3 Å². The second-order valence-electron chi connectivity index (χ2n) is 9.42. The summed E-state index contributed by atoms with van der Waals surface area (Å²) >= 11 is 0. The minimum absolute atomic E-state index is 0.0473. The Balaban J connectivity index is 1.54. The smallest absolute Gasteiger partial charge is 0.261 e. The van der Waals surface area contributed by atoms with Crippen LogP contribution in [0, 0.1) is 5.82 Å². The van der Waals surface area contributed by atoms with Gasteiger partial charge in [-0.2, -0.15) is 0 Å². The summed E-state index contributed by atoms with van der Waals surface area (Å²) in [7, 11) is -3.40. The molecule has 1 fully saturated rings. The Kier molecular flexibility index (Phi) is 6.35. The van der Waals surface area contributed by atoms with E-state index in [2.05, 4.69) is 15.6 Å². The van der Waals surface area contributed by atoms with Crippen LogP contribution in [-0.2, 0) is 9.84 Å². The summed E-state index contributed by atoms with van der Waals surface area (Å²) < 4.78 is 38.2. The predicted molar refractivity (Wildman–Crippen MR) is 141 cm³/mol. The van der Waals surface area contributed by atoms with Crippen LogP contribution in [0.2, 0.25) is 0 Å². The van der Waals surface area contributed by atoms with E-state index in [4.69, 9.17) is 11.1 Å². The minimum atomic E-state index is -3.40. The molecule has 10 nitrogen and oxygen atoms in total. The van der Waals surface area contributed by atoms with Crippen molar-refractivity contribution < 1.29 is 27.8 Å². The third kappa shape index (κ3) is 4.58. The lowest BCUT2D eigenvalue weighted by molar-refractivity contribution is -0.104. The Morgan fingerprint density at radius 2 is 1.92 bits per heavy atom. The molecule has 3 aromatic rings. The van der Waals surface area contributed by atoms with Crippen LogP contribution in [0.4, 0.5) is 15.8 Å². The molecule has 0 radical (unpaired) electrons. The number of anilines is 2. The predicted octanol–water partition coefficient (Wildman–Crippen LogP) is 0.988. The molecule has 0 bridgehead atoms. The van der Waals surface area contributed by atoms with E-state index in [0.29, 0.717) is 10.9 Å². The highest BCUT2D eigenvalue weighted by Crippen LogP contribution is 2.40. The maximum absolute atomic E-state index is 14.9. The number of nitrogens with one attached hydrogen (secondary N) is 3. The van der Waals surface area contributed by atoms with E-state index in [9.17, 15) is 27.2 Å². The van der Waals surface area contributed by atoms with Gasteiger partial charge < -0.3 is 21.4 Å². The molecular formula is C26H25FN5O5S+. The Morgan fingerprint density at radius 3 is 2.55 bits per heavy atom. The first kappa shape index (κ1) is 25.3. The van der Waals surface area contributed by atoms with Crippen molar-refractivity contribution in [2.24, 2.45) is 0 Å². The Bertz CT molecular complexity index is 1710. The van der Waals surface area contributed by atoms with Crippen LogP contribution in [0.3, 0.4) is 0 Å². The fourth-order valence-corrected chi connectivity index (χ4v) is 5.97. The number of pyridine rings is 1. The van der Waals surface area contributed by atoms with Gasteiger partial charge in [0.05, 0.1) is 34.1 Å². The number of fused-ring (bicyclic) bond motifs is 1. The van der Waals surface area contributed by atoms with Gasteiger partial charge in [-0.05, 0) is 54.0 Å². The van der Waals surface area contributed by atoms with Gasteiger partial charge in [-0.1, -0.05) is 18.6 Å². The Labute approximate surface area is 216 Å². The third-order valence-electron chi connectivity index (χ3n) is 6.94. The zero-order chi connectivity index (χ0) is 27.2. The van der Waals surface area contributed by atoms with Crippen LogP contribution in [0.25, 0.3) is 10.9 Å². The molecule has 1 saturated carbocycles. The number of halogens is 1. The Hall–Kier alpha value is -4.32. The second kappa shape index (κ2) is 9.53. The quantitative estimate of drug-likeness (QED) is 0.231. The number of hydrogen-bond acceptors (Lipinski definition) is 6. The van der Waals surface area contributed by atoms with Crippen molar-refractivity contribution in [1.82, 2.24) is 10.3 Å². The normalized spacial score (nSPS) is 18.2. The monoisotopic (exact) mass is 538 g/mol. The van der Waals surface area contributed by atoms with Crippen LogP contribution in [0.15, 0.2) is 46.6 Å². The summed E-state index contributed by atoms with van der Waals surface area (Å²) in [4.78, 5) is 41.9. The number of aromatic nitrogens is 1. The molecule has 5 rings (SSSR count). The summed E-state index contributed by atoms with van der Waals surface area (Å²) in [6.07, 6.45) is 5.07. The highest BCUT2D eigenvalue weighted by Gasteiger charge is 2.29. The molecule has 38 heavy (non-hydrogen) atoms. The number of nitrogen functional groups attached to an aromatic ring is 1. The van der Waals surface area contributed by atoms with Crippen molar-refractivity contribution in [1.29, 1.82) is 0 Å². The van der Waals surface area contributed by atoms with Crippen molar-refractivity contribution in [2.45, 2.75) is 31.2 Å². The molecule has 0 spiro atoms. The van der Waals surface area contributed by atoms with Gasteiger partial charge in [0.2, 0.25) is 0 Å². The molecule has 196 valence electrons. The molecule has 12 heteroatoms. The van der Waals surface area contributed by atoms with E-state index in [1.807, 2.05) is 0 Å². The van der Waals surface area contributed by atoms with Gasteiger partial charge in [-0.15, -0.1) is 0 Å². The number of carbonyl (C=O) groups excluding carboxylic acids is 2. The zero-order valence-corrected chi connectivity index (χ0v) is 20.9. The highest BCUT2D eigenvalue weighted by molar-refractivity contribution is 7.94. The van der Waals surface area contributed by atoms with Crippen LogP contribution >= 0.6 is 0 Å². The topological polar surface area (TPSA) is 177 Å². The number of aromatic amines is 1. The lowest BCUT2D eigenvalue weighted by Crippen LogP contribution is -2.38. The number of hydrogen-bond donors (Lipinski definition) is 5. The summed E-state index contributed by atoms with van der Waals surface area (Å²) in [5.41, 5.74) is 5.80. The molecule has 0 unspecified atom stereocenters. The molecule has 2 aromatic carbocycles. The molecule has 0 saturated heterocycles. The molecule has 2 amide bonds. The third-order valence-corrected chi connectivity index (χ3v) is 8.34. The maximum atomic E-state index is 14.9. The highest BCUT2D eigenvalue weighted by atomic mass is 32.2. The molecule has 7 N–H and O–H groups in total. The van der Waals surface area contributed by atoms with E-state index in [0.717, 1.165) is 30.9 Å². The van der Waals surface area contributed by atoms with Crippen molar-refractivity contribution >= 4 is 50.1 Å². The van der Waals surface area contributed by atoms with Gasteiger partial charge in [0.15, 0.2) is 21.9 Å². The summed E-state index contributed by atoms with van der Waals surface area (Å²) in [5, 5.41) is 12.0. The van der Waals surface area contributed by atoms with Gasteiger partial charge >= 0.3 is 0 Å². The number of benzene rings is 2. The van der Waals surface area contributed by atoms with Gasteiger partial charge in [0, 0.05) is 11.1 Å². The van der Waals surface area contributed by atoms with Gasteiger partial charge in [-0.3, -0.25) is 19.8 Å². The van der Waals surface area contributed by atoms with Gasteiger partial charge in [-0.25, -0.2) is 12.8 Å². The lowest BCUT2D eigenvalue weighted by atomic mass is 9.77. The lowest BCUT2D eigenvalue weighted by Gasteiger charge is -2.28. The first-order valence-electron chi connectivity index (χ1n) is 11.9. The average Bonchev–Trinajstić information content (AvgIpc) is 3.17. The molecular weight excluding hydrogens is 513 g/mol. The second-order valence-corrected chi connectivity index (χ2v) is 11.4. The SMILES string of the molecule is Nc1ccc(NC(=O)c2c(C3CCC3)ccc3cc(C(=O)N[C@@H]4C=CS(=O)(=O)C4)c(=O)[nH]c23)c(F)c1C=[NH2+]. The largest absolute Gasteiger partial charge is 0.398 e. The summed E-state index contributed by atoms with van der Waals surface area (Å²) in [6.45, 7) is 0. The first-order chi connectivity index (χ1) is 18.1. The minimum Gasteiger partial charge on any atom is -0.398 e. The first-order valence-corrected chi connectivity index (χ1v) is 13.7. The van der Waals surface area contributed by atoms with E-state index >= 15 is 0 Å². The molecule has 1 aliphatic carbocycles. The number of amides is 2. The number of H-pyrrole nitrogens is 1. The molecule has 2 aliphatic rings. The average molecular weight is 539 g/mol. The number of rotatable bonds is 6. The fourth-order valence-electron chi connectivity index (χ4n) is 4.73. The van der Waals surface area contributed by atoms with Crippen LogP contribution in [0.5, 0.6) is 0 Å².